The molecule has 0 radical (unpaired) electrons. The van der Waals surface area contributed by atoms with Crippen LogP contribution in [0.2, 0.25) is 0 Å². The Labute approximate surface area is 193 Å². The highest BCUT2D eigenvalue weighted by Crippen LogP contribution is 2.19. The van der Waals surface area contributed by atoms with Crippen LogP contribution < -0.4 is 5.32 Å². The molecule has 1 amide bonds. The number of esters is 1. The standard InChI is InChI=1S/C23H28N2O7S/c1-23(2,3)32-22(27)24-19-9-7-18(8-10-19)21(26)31-16-17-5-4-6-20(15-17)33(28,29)25-11-13-30-14-12-25/h4-10,15H,11-14,16H2,1-3H3,(H,24,27). The lowest BCUT2D eigenvalue weighted by molar-refractivity contribution is 0.0472. The Morgan fingerprint density at radius 1 is 1.06 bits per heavy atom. The molecule has 0 bridgehead atoms. The molecule has 10 heteroatoms. The molecule has 0 unspecified atom stereocenters. The first kappa shape index (κ1) is 24.7. The minimum absolute atomic E-state index is 0.0801. The van der Waals surface area contributed by atoms with Crippen LogP contribution in [0.1, 0.15) is 36.7 Å². The lowest BCUT2D eigenvalue weighted by atomic mass is 10.2. The number of hydrogen-bond acceptors (Lipinski definition) is 7. The Balaban J connectivity index is 1.58. The van der Waals surface area contributed by atoms with Crippen molar-refractivity contribution < 1.29 is 32.2 Å². The molecule has 3 rings (SSSR count). The number of carbonyl (C=O) groups is 2. The summed E-state index contributed by atoms with van der Waals surface area (Å²) in [7, 11) is -3.63. The third kappa shape index (κ3) is 7.01. The lowest BCUT2D eigenvalue weighted by Crippen LogP contribution is -2.40. The van der Waals surface area contributed by atoms with Gasteiger partial charge in [0.2, 0.25) is 10.0 Å². The molecule has 1 heterocycles. The minimum Gasteiger partial charge on any atom is -0.457 e. The van der Waals surface area contributed by atoms with Gasteiger partial charge in [-0.2, -0.15) is 4.31 Å². The van der Waals surface area contributed by atoms with Gasteiger partial charge in [-0.05, 0) is 62.7 Å². The van der Waals surface area contributed by atoms with Crippen LogP contribution in [0, 0.1) is 0 Å². The molecule has 1 aliphatic heterocycles. The third-order valence-electron chi connectivity index (χ3n) is 4.64. The molecule has 0 saturated carbocycles. The van der Waals surface area contributed by atoms with Gasteiger partial charge in [-0.25, -0.2) is 18.0 Å². The predicted octanol–water partition coefficient (Wildman–Crippen LogP) is 3.41. The normalized spacial score (nSPS) is 15.0. The fraction of sp³-hybridized carbons (Fsp3) is 0.391. The number of morpholine rings is 1. The van der Waals surface area contributed by atoms with E-state index in [0.717, 1.165) is 0 Å². The number of anilines is 1. The van der Waals surface area contributed by atoms with Gasteiger partial charge in [0.1, 0.15) is 12.2 Å². The summed E-state index contributed by atoms with van der Waals surface area (Å²) in [5, 5.41) is 2.59. The number of nitrogens with one attached hydrogen (secondary N) is 1. The molecule has 1 aliphatic rings. The second kappa shape index (κ2) is 10.3. The molecule has 1 N–H and O–H groups in total. The Kier molecular flexibility index (Phi) is 7.72. The Hall–Kier alpha value is -2.95. The lowest BCUT2D eigenvalue weighted by Gasteiger charge is -2.26. The van der Waals surface area contributed by atoms with Crippen molar-refractivity contribution >= 4 is 27.8 Å². The highest BCUT2D eigenvalue weighted by Gasteiger charge is 2.26. The summed E-state index contributed by atoms with van der Waals surface area (Å²) in [5.41, 5.74) is 0.705. The van der Waals surface area contributed by atoms with Crippen LogP contribution in [0.15, 0.2) is 53.4 Å². The zero-order chi connectivity index (χ0) is 24.1. The van der Waals surface area contributed by atoms with Crippen molar-refractivity contribution in [1.29, 1.82) is 0 Å². The molecule has 1 saturated heterocycles. The summed E-state index contributed by atoms with van der Waals surface area (Å²) in [6.45, 7) is 6.55. The van der Waals surface area contributed by atoms with Crippen LogP contribution in [0.25, 0.3) is 0 Å². The highest BCUT2D eigenvalue weighted by molar-refractivity contribution is 7.89. The first-order valence-electron chi connectivity index (χ1n) is 10.5. The van der Waals surface area contributed by atoms with Crippen molar-refractivity contribution in [2.75, 3.05) is 31.6 Å². The van der Waals surface area contributed by atoms with E-state index in [2.05, 4.69) is 5.32 Å². The molecular weight excluding hydrogens is 448 g/mol. The largest absolute Gasteiger partial charge is 0.457 e. The SMILES string of the molecule is CC(C)(C)OC(=O)Nc1ccc(C(=O)OCc2cccc(S(=O)(=O)N3CCOCC3)c2)cc1. The molecule has 1 fully saturated rings. The number of amides is 1. The summed E-state index contributed by atoms with van der Waals surface area (Å²) in [6.07, 6.45) is -0.593. The van der Waals surface area contributed by atoms with Gasteiger partial charge in [0, 0.05) is 18.8 Å². The number of carbonyl (C=O) groups excluding carboxylic acids is 2. The van der Waals surface area contributed by atoms with E-state index >= 15 is 0 Å². The molecule has 0 aromatic heterocycles. The number of hydrogen-bond donors (Lipinski definition) is 1. The smallest absolute Gasteiger partial charge is 0.412 e. The summed E-state index contributed by atoms with van der Waals surface area (Å²) >= 11 is 0. The molecule has 2 aromatic rings. The number of benzene rings is 2. The molecule has 0 spiro atoms. The van der Waals surface area contributed by atoms with Crippen LogP contribution in [0.3, 0.4) is 0 Å². The molecule has 9 nitrogen and oxygen atoms in total. The Bertz CT molecular complexity index is 1090. The molecule has 0 aliphatic carbocycles. The second-order valence-electron chi connectivity index (χ2n) is 8.44. The molecule has 0 atom stereocenters. The van der Waals surface area contributed by atoms with E-state index in [9.17, 15) is 18.0 Å². The van der Waals surface area contributed by atoms with Crippen LogP contribution >= 0.6 is 0 Å². The third-order valence-corrected chi connectivity index (χ3v) is 6.54. The quantitative estimate of drug-likeness (QED) is 0.636. The van der Waals surface area contributed by atoms with Crippen LogP contribution in [-0.2, 0) is 30.8 Å². The summed E-state index contributed by atoms with van der Waals surface area (Å²) in [4.78, 5) is 24.4. The summed E-state index contributed by atoms with van der Waals surface area (Å²) in [6, 6.07) is 12.5. The van der Waals surface area contributed by atoms with Gasteiger partial charge in [0.15, 0.2) is 0 Å². The first-order valence-corrected chi connectivity index (χ1v) is 11.9. The first-order chi connectivity index (χ1) is 15.5. The van der Waals surface area contributed by atoms with Gasteiger partial charge < -0.3 is 14.2 Å². The topological polar surface area (TPSA) is 111 Å². The molecule has 2 aromatic carbocycles. The number of nitrogens with zero attached hydrogens (tertiary/aromatic N) is 1. The summed E-state index contributed by atoms with van der Waals surface area (Å²) < 4.78 is 42.7. The minimum atomic E-state index is -3.63. The zero-order valence-corrected chi connectivity index (χ0v) is 19.7. The molecule has 178 valence electrons. The van der Waals surface area contributed by atoms with E-state index in [1.54, 1.807) is 45.0 Å². The van der Waals surface area contributed by atoms with Crippen molar-refractivity contribution in [1.82, 2.24) is 4.31 Å². The zero-order valence-electron chi connectivity index (χ0n) is 18.9. The van der Waals surface area contributed by atoms with Crippen LogP contribution in [0.5, 0.6) is 0 Å². The van der Waals surface area contributed by atoms with Gasteiger partial charge >= 0.3 is 12.1 Å². The van der Waals surface area contributed by atoms with Gasteiger partial charge in [-0.15, -0.1) is 0 Å². The molecular formula is C23H28N2O7S. The Morgan fingerprint density at radius 3 is 2.36 bits per heavy atom. The number of ether oxygens (including phenoxy) is 3. The average molecular weight is 477 g/mol. The van der Waals surface area contributed by atoms with Crippen molar-refractivity contribution in [3.8, 4) is 0 Å². The van der Waals surface area contributed by atoms with E-state index in [1.165, 1.54) is 28.6 Å². The van der Waals surface area contributed by atoms with Gasteiger partial charge in [0.25, 0.3) is 0 Å². The van der Waals surface area contributed by atoms with Crippen LogP contribution in [0.4, 0.5) is 10.5 Å². The van der Waals surface area contributed by atoms with E-state index in [4.69, 9.17) is 14.2 Å². The maximum Gasteiger partial charge on any atom is 0.412 e. The number of sulfonamides is 1. The molecule has 33 heavy (non-hydrogen) atoms. The average Bonchev–Trinajstić information content (AvgIpc) is 2.77. The van der Waals surface area contributed by atoms with E-state index in [1.807, 2.05) is 0 Å². The fourth-order valence-electron chi connectivity index (χ4n) is 3.08. The van der Waals surface area contributed by atoms with Crippen LogP contribution in [-0.4, -0.2) is 56.7 Å². The van der Waals surface area contributed by atoms with Crippen molar-refractivity contribution in [2.45, 2.75) is 37.9 Å². The van der Waals surface area contributed by atoms with E-state index in [0.29, 0.717) is 43.1 Å². The monoisotopic (exact) mass is 476 g/mol. The maximum atomic E-state index is 12.8. The van der Waals surface area contributed by atoms with Gasteiger partial charge in [-0.1, -0.05) is 12.1 Å². The Morgan fingerprint density at radius 2 is 1.73 bits per heavy atom. The van der Waals surface area contributed by atoms with E-state index < -0.39 is 27.7 Å². The van der Waals surface area contributed by atoms with Crippen molar-refractivity contribution in [3.05, 3.63) is 59.7 Å². The maximum absolute atomic E-state index is 12.8. The van der Waals surface area contributed by atoms with Gasteiger partial charge in [-0.3, -0.25) is 5.32 Å². The predicted molar refractivity (Wildman–Crippen MR) is 121 cm³/mol. The second-order valence-corrected chi connectivity index (χ2v) is 10.4. The summed E-state index contributed by atoms with van der Waals surface area (Å²) in [5.74, 6) is -0.569. The fourth-order valence-corrected chi connectivity index (χ4v) is 4.55. The highest BCUT2D eigenvalue weighted by atomic mass is 32.2. The number of rotatable bonds is 6. The van der Waals surface area contributed by atoms with Crippen molar-refractivity contribution in [3.63, 3.8) is 0 Å². The van der Waals surface area contributed by atoms with E-state index in [-0.39, 0.29) is 11.5 Å². The van der Waals surface area contributed by atoms with Gasteiger partial charge in [0.05, 0.1) is 23.7 Å². The van der Waals surface area contributed by atoms with Crippen molar-refractivity contribution in [2.24, 2.45) is 0 Å².